The van der Waals surface area contributed by atoms with E-state index in [-0.39, 0.29) is 0 Å². The van der Waals surface area contributed by atoms with Gasteiger partial charge in [0.05, 0.1) is 18.5 Å². The highest BCUT2D eigenvalue weighted by Crippen LogP contribution is 2.60. The lowest BCUT2D eigenvalue weighted by atomic mass is 10.1. The molecule has 0 saturated carbocycles. The molecule has 0 unspecified atom stereocenters. The molecular weight excluding hydrogens is 307 g/mol. The van der Waals surface area contributed by atoms with Gasteiger partial charge in [-0.2, -0.15) is 0 Å². The molecule has 0 fully saturated rings. The second kappa shape index (κ2) is 9.42. The van der Waals surface area contributed by atoms with Crippen LogP contribution < -0.4 is 0 Å². The lowest BCUT2D eigenvalue weighted by Gasteiger charge is -2.20. The number of unbranched alkanes of at least 4 members (excludes halogenated alkanes) is 1. The summed E-state index contributed by atoms with van der Waals surface area (Å²) < 4.78 is 24.0. The number of benzene rings is 1. The molecule has 1 aromatic carbocycles. The van der Waals surface area contributed by atoms with Crippen molar-refractivity contribution in [1.82, 2.24) is 0 Å². The highest BCUT2D eigenvalue weighted by molar-refractivity contribution is 7.65. The molecule has 0 aliphatic rings. The lowest BCUT2D eigenvalue weighted by molar-refractivity contribution is 0.230. The van der Waals surface area contributed by atoms with E-state index in [0.29, 0.717) is 24.4 Å². The quantitative estimate of drug-likeness (QED) is 0.335. The van der Waals surface area contributed by atoms with Crippen LogP contribution in [0.15, 0.2) is 30.3 Å². The number of aryl methyl sites for hydroxylation is 1. The molecule has 0 aromatic heterocycles. The van der Waals surface area contributed by atoms with Gasteiger partial charge in [-0.25, -0.2) is 0 Å². The average Bonchev–Trinajstić information content (AvgIpc) is 2.45. The van der Waals surface area contributed by atoms with Gasteiger partial charge in [0, 0.05) is 5.88 Å². The summed E-state index contributed by atoms with van der Waals surface area (Å²) in [5.74, 6) is 0.575. The van der Waals surface area contributed by atoms with Gasteiger partial charge < -0.3 is 9.05 Å². The van der Waals surface area contributed by atoms with Gasteiger partial charge in [-0.05, 0) is 39.2 Å². The zero-order valence-electron chi connectivity index (χ0n) is 13.0. The first-order chi connectivity index (χ1) is 10.1. The number of alkyl halides is 1. The van der Waals surface area contributed by atoms with Crippen LogP contribution in [0, 0.1) is 6.92 Å². The van der Waals surface area contributed by atoms with Crippen LogP contribution in [0.2, 0.25) is 0 Å². The Balaban J connectivity index is 3.19. The van der Waals surface area contributed by atoms with E-state index in [9.17, 15) is 4.57 Å². The number of rotatable bonds is 9. The van der Waals surface area contributed by atoms with E-state index in [4.69, 9.17) is 20.6 Å². The molecule has 0 heterocycles. The maximum atomic E-state index is 13.0. The maximum Gasteiger partial charge on any atom is 0.361 e. The predicted octanol–water partition coefficient (Wildman–Crippen LogP) is 5.62. The highest BCUT2D eigenvalue weighted by atomic mass is 35.5. The van der Waals surface area contributed by atoms with Crippen molar-refractivity contribution in [3.63, 3.8) is 0 Å². The summed E-state index contributed by atoms with van der Waals surface area (Å²) in [5, 5.41) is 0.635. The van der Waals surface area contributed by atoms with E-state index in [1.165, 1.54) is 0 Å². The zero-order valence-corrected chi connectivity index (χ0v) is 14.6. The fraction of sp³-hybridized carbons (Fsp3) is 0.500. The Hall–Kier alpha value is -0.600. The fourth-order valence-electron chi connectivity index (χ4n) is 1.94. The summed E-state index contributed by atoms with van der Waals surface area (Å²) in [4.78, 5) is 0. The van der Waals surface area contributed by atoms with E-state index in [2.05, 4.69) is 0 Å². The Kier molecular flexibility index (Phi) is 8.28. The minimum atomic E-state index is -3.29. The Morgan fingerprint density at radius 2 is 1.76 bits per heavy atom. The summed E-state index contributed by atoms with van der Waals surface area (Å²) in [7, 11) is -3.29. The molecule has 0 aliphatic heterocycles. The van der Waals surface area contributed by atoms with Crippen LogP contribution in [-0.2, 0) is 13.6 Å². The molecule has 5 heteroatoms. The van der Waals surface area contributed by atoms with Crippen LogP contribution in [0.1, 0.15) is 37.8 Å². The summed E-state index contributed by atoms with van der Waals surface area (Å²) in [6.07, 6.45) is 3.51. The summed E-state index contributed by atoms with van der Waals surface area (Å²) in [6.45, 7) is 6.34. The smallest absolute Gasteiger partial charge is 0.305 e. The minimum Gasteiger partial charge on any atom is -0.305 e. The molecule has 0 spiro atoms. The molecule has 0 N–H and O–H groups in total. The number of allylic oxidation sites excluding steroid dienone is 1. The molecule has 0 amide bonds. The second-order valence-electron chi connectivity index (χ2n) is 4.62. The van der Waals surface area contributed by atoms with Gasteiger partial charge in [0.1, 0.15) is 0 Å². The minimum absolute atomic E-state index is 0.343. The third-order valence-corrected chi connectivity index (χ3v) is 5.41. The van der Waals surface area contributed by atoms with Crippen LogP contribution in [0.4, 0.5) is 0 Å². The van der Waals surface area contributed by atoms with Gasteiger partial charge in [0.15, 0.2) is 0 Å². The number of halogens is 1. The molecular formula is C16H24ClO3P. The summed E-state index contributed by atoms with van der Waals surface area (Å²) >= 11 is 5.73. The second-order valence-corrected chi connectivity index (χ2v) is 6.99. The van der Waals surface area contributed by atoms with Gasteiger partial charge in [0.2, 0.25) is 0 Å². The fourth-order valence-corrected chi connectivity index (χ4v) is 3.95. The van der Waals surface area contributed by atoms with Crippen molar-refractivity contribution in [2.24, 2.45) is 0 Å². The third-order valence-electron chi connectivity index (χ3n) is 2.92. The van der Waals surface area contributed by atoms with Gasteiger partial charge in [0.25, 0.3) is 0 Å². The molecule has 0 saturated heterocycles. The predicted molar refractivity (Wildman–Crippen MR) is 90.0 cm³/mol. The first kappa shape index (κ1) is 18.4. The summed E-state index contributed by atoms with van der Waals surface area (Å²) in [5.41, 5.74) is 2.03. The van der Waals surface area contributed by atoms with E-state index >= 15 is 0 Å². The Bertz CT molecular complexity index is 487. The van der Waals surface area contributed by atoms with Crippen LogP contribution in [-0.4, -0.2) is 19.1 Å². The monoisotopic (exact) mass is 330 g/mol. The lowest BCUT2D eigenvalue weighted by Crippen LogP contribution is -1.99. The molecule has 118 valence electrons. The van der Waals surface area contributed by atoms with Crippen LogP contribution in [0.25, 0.3) is 5.31 Å². The summed E-state index contributed by atoms with van der Waals surface area (Å²) in [6, 6.07) is 7.89. The number of hydrogen-bond donors (Lipinski definition) is 0. The van der Waals surface area contributed by atoms with Crippen molar-refractivity contribution in [1.29, 1.82) is 0 Å². The standard InChI is InChI=1S/C16H24ClO3P/c1-4-19-21(18,20-5-2)16(8-6-7-13-17)15-11-9-14(3)10-12-15/h8-12H,4-7,13H2,1-3H3/b16-8-. The van der Waals surface area contributed by atoms with Crippen LogP contribution in [0.3, 0.4) is 0 Å². The van der Waals surface area contributed by atoms with Crippen molar-refractivity contribution in [2.75, 3.05) is 19.1 Å². The van der Waals surface area contributed by atoms with Crippen molar-refractivity contribution in [2.45, 2.75) is 33.6 Å². The molecule has 0 atom stereocenters. The van der Waals surface area contributed by atoms with E-state index in [0.717, 1.165) is 24.0 Å². The molecule has 3 nitrogen and oxygen atoms in total. The van der Waals surface area contributed by atoms with Crippen molar-refractivity contribution < 1.29 is 13.6 Å². The van der Waals surface area contributed by atoms with Crippen molar-refractivity contribution >= 4 is 24.5 Å². The van der Waals surface area contributed by atoms with Crippen LogP contribution in [0.5, 0.6) is 0 Å². The third kappa shape index (κ3) is 5.60. The van der Waals surface area contributed by atoms with Crippen molar-refractivity contribution in [3.8, 4) is 0 Å². The normalized spacial score (nSPS) is 12.7. The molecule has 1 aromatic rings. The molecule has 1 rings (SSSR count). The molecule has 0 bridgehead atoms. The van der Waals surface area contributed by atoms with E-state index < -0.39 is 7.60 Å². The van der Waals surface area contributed by atoms with E-state index in [1.54, 1.807) is 0 Å². The van der Waals surface area contributed by atoms with E-state index in [1.807, 2.05) is 51.1 Å². The molecule has 21 heavy (non-hydrogen) atoms. The molecule has 0 aliphatic carbocycles. The topological polar surface area (TPSA) is 35.5 Å². The largest absolute Gasteiger partial charge is 0.361 e. The van der Waals surface area contributed by atoms with Crippen LogP contribution >= 0.6 is 19.2 Å². The van der Waals surface area contributed by atoms with Gasteiger partial charge in [-0.15, -0.1) is 11.6 Å². The average molecular weight is 331 g/mol. The Labute approximate surface area is 132 Å². The maximum absolute atomic E-state index is 13.0. The van der Waals surface area contributed by atoms with Gasteiger partial charge in [-0.1, -0.05) is 35.9 Å². The Morgan fingerprint density at radius 3 is 2.24 bits per heavy atom. The molecule has 0 radical (unpaired) electrons. The highest BCUT2D eigenvalue weighted by Gasteiger charge is 2.30. The van der Waals surface area contributed by atoms with Gasteiger partial charge in [-0.3, -0.25) is 4.57 Å². The first-order valence-corrected chi connectivity index (χ1v) is 9.38. The first-order valence-electron chi connectivity index (χ1n) is 7.30. The van der Waals surface area contributed by atoms with Crippen molar-refractivity contribution in [3.05, 3.63) is 41.5 Å². The SMILES string of the molecule is CCOP(=O)(OCC)/C(=C\CCCCl)c1ccc(C)cc1. The van der Waals surface area contributed by atoms with Gasteiger partial charge >= 0.3 is 7.60 Å². The number of hydrogen-bond acceptors (Lipinski definition) is 3. The Morgan fingerprint density at radius 1 is 1.19 bits per heavy atom. The zero-order chi connectivity index (χ0) is 15.7.